The summed E-state index contributed by atoms with van der Waals surface area (Å²) in [4.78, 5) is 12.9. The molecule has 4 aromatic carbocycles. The van der Waals surface area contributed by atoms with Crippen molar-refractivity contribution in [3.05, 3.63) is 110 Å². The monoisotopic (exact) mass is 594 g/mol. The number of carbonyl (C=O) groups is 1. The van der Waals surface area contributed by atoms with E-state index in [0.717, 1.165) is 16.3 Å². The zero-order valence-corrected chi connectivity index (χ0v) is 21.6. The summed E-state index contributed by atoms with van der Waals surface area (Å²) >= 11 is 13.0. The number of nitriles is 1. The second-order valence-electron chi connectivity index (χ2n) is 7.38. The van der Waals surface area contributed by atoms with Gasteiger partial charge in [0.05, 0.1) is 8.95 Å². The highest BCUT2D eigenvalue weighted by Gasteiger charge is 2.14. The number of halogens is 3. The van der Waals surface area contributed by atoms with E-state index < -0.39 is 5.91 Å². The highest BCUT2D eigenvalue weighted by atomic mass is 79.9. The predicted molar refractivity (Wildman–Crippen MR) is 144 cm³/mol. The summed E-state index contributed by atoms with van der Waals surface area (Å²) in [6.07, 6.45) is 1.54. The topological polar surface area (TPSA) is 62.1 Å². The van der Waals surface area contributed by atoms with E-state index in [2.05, 4.69) is 37.2 Å². The molecule has 0 saturated heterocycles. The van der Waals surface area contributed by atoms with Crippen molar-refractivity contribution in [1.82, 2.24) is 0 Å². The van der Waals surface area contributed by atoms with Crippen LogP contribution in [-0.2, 0) is 11.4 Å². The molecular formula is C27H17Br2ClN2O2. The first-order valence-electron chi connectivity index (χ1n) is 10.2. The van der Waals surface area contributed by atoms with Gasteiger partial charge in [-0.15, -0.1) is 0 Å². The molecule has 0 fully saturated rings. The summed E-state index contributed by atoms with van der Waals surface area (Å²) < 4.78 is 7.32. The number of carbonyl (C=O) groups excluding carboxylic acids is 1. The summed E-state index contributed by atoms with van der Waals surface area (Å²) in [5.41, 5.74) is 2.28. The van der Waals surface area contributed by atoms with Crippen LogP contribution in [0.5, 0.6) is 5.75 Å². The first-order chi connectivity index (χ1) is 16.4. The van der Waals surface area contributed by atoms with Crippen molar-refractivity contribution in [2.75, 3.05) is 5.32 Å². The van der Waals surface area contributed by atoms with Gasteiger partial charge in [-0.1, -0.05) is 60.1 Å². The lowest BCUT2D eigenvalue weighted by Gasteiger charge is -2.12. The average molecular weight is 597 g/mol. The minimum absolute atomic E-state index is 0.0124. The zero-order valence-electron chi connectivity index (χ0n) is 17.7. The van der Waals surface area contributed by atoms with Crippen LogP contribution >= 0.6 is 43.5 Å². The van der Waals surface area contributed by atoms with Crippen molar-refractivity contribution in [1.29, 1.82) is 5.26 Å². The van der Waals surface area contributed by atoms with E-state index in [-0.39, 0.29) is 5.57 Å². The van der Waals surface area contributed by atoms with Crippen LogP contribution in [0, 0.1) is 11.3 Å². The number of hydrogen-bond acceptors (Lipinski definition) is 3. The van der Waals surface area contributed by atoms with E-state index >= 15 is 0 Å². The largest absolute Gasteiger partial charge is 0.487 e. The predicted octanol–water partition coefficient (Wildman–Crippen LogP) is 8.14. The summed E-state index contributed by atoms with van der Waals surface area (Å²) in [5, 5.41) is 15.1. The van der Waals surface area contributed by atoms with Gasteiger partial charge < -0.3 is 10.1 Å². The molecule has 0 saturated carbocycles. The van der Waals surface area contributed by atoms with Crippen LogP contribution in [0.15, 0.2) is 93.4 Å². The highest BCUT2D eigenvalue weighted by Crippen LogP contribution is 2.36. The lowest BCUT2D eigenvalue weighted by Crippen LogP contribution is -2.13. The van der Waals surface area contributed by atoms with Gasteiger partial charge in [0.1, 0.15) is 24.0 Å². The van der Waals surface area contributed by atoms with Crippen molar-refractivity contribution in [3.8, 4) is 11.8 Å². The molecule has 0 bridgehead atoms. The number of nitrogens with one attached hydrogen (secondary N) is 1. The molecule has 0 unspecified atom stereocenters. The molecule has 168 valence electrons. The molecule has 1 amide bonds. The van der Waals surface area contributed by atoms with Crippen LogP contribution in [0.25, 0.3) is 16.8 Å². The van der Waals surface area contributed by atoms with Crippen molar-refractivity contribution < 1.29 is 9.53 Å². The minimum Gasteiger partial charge on any atom is -0.487 e. The Balaban J connectivity index is 1.53. The van der Waals surface area contributed by atoms with E-state index in [4.69, 9.17) is 16.3 Å². The average Bonchev–Trinajstić information content (AvgIpc) is 2.83. The number of rotatable bonds is 6. The number of ether oxygens (including phenoxy) is 1. The fourth-order valence-electron chi connectivity index (χ4n) is 3.38. The number of nitrogens with zero attached hydrogens (tertiary/aromatic N) is 1. The van der Waals surface area contributed by atoms with E-state index in [9.17, 15) is 10.1 Å². The molecule has 1 N–H and O–H groups in total. The maximum absolute atomic E-state index is 12.9. The van der Waals surface area contributed by atoms with Gasteiger partial charge in [0.25, 0.3) is 5.91 Å². The molecule has 0 aliphatic heterocycles. The molecule has 4 rings (SSSR count). The number of amides is 1. The van der Waals surface area contributed by atoms with Crippen molar-refractivity contribution in [2.45, 2.75) is 6.61 Å². The van der Waals surface area contributed by atoms with E-state index in [1.165, 1.54) is 0 Å². The second-order valence-corrected chi connectivity index (χ2v) is 9.52. The molecular weight excluding hydrogens is 580 g/mol. The van der Waals surface area contributed by atoms with Crippen LogP contribution in [0.4, 0.5) is 5.69 Å². The Labute approximate surface area is 219 Å². The van der Waals surface area contributed by atoms with Gasteiger partial charge in [-0.25, -0.2) is 0 Å². The van der Waals surface area contributed by atoms with Crippen LogP contribution in [0.3, 0.4) is 0 Å². The molecule has 4 aromatic rings. The number of fused-ring (bicyclic) bond motifs is 1. The van der Waals surface area contributed by atoms with E-state index in [1.807, 2.05) is 72.8 Å². The Morgan fingerprint density at radius 2 is 1.68 bits per heavy atom. The highest BCUT2D eigenvalue weighted by molar-refractivity contribution is 9.11. The molecule has 0 aliphatic rings. The van der Waals surface area contributed by atoms with Gasteiger partial charge in [0, 0.05) is 16.1 Å². The van der Waals surface area contributed by atoms with Gasteiger partial charge in [0.2, 0.25) is 0 Å². The van der Waals surface area contributed by atoms with Crippen molar-refractivity contribution in [2.24, 2.45) is 0 Å². The zero-order chi connectivity index (χ0) is 24.1. The maximum Gasteiger partial charge on any atom is 0.266 e. The van der Waals surface area contributed by atoms with Gasteiger partial charge in [-0.05, 0) is 84.8 Å². The summed E-state index contributed by atoms with van der Waals surface area (Å²) in [6, 6.07) is 26.4. The molecule has 34 heavy (non-hydrogen) atoms. The maximum atomic E-state index is 12.9. The lowest BCUT2D eigenvalue weighted by atomic mass is 10.1. The molecule has 0 spiro atoms. The number of anilines is 1. The van der Waals surface area contributed by atoms with Gasteiger partial charge in [-0.3, -0.25) is 4.79 Å². The smallest absolute Gasteiger partial charge is 0.266 e. The summed E-state index contributed by atoms with van der Waals surface area (Å²) in [7, 11) is 0. The third kappa shape index (κ3) is 5.68. The van der Waals surface area contributed by atoms with Gasteiger partial charge >= 0.3 is 0 Å². The molecule has 4 nitrogen and oxygen atoms in total. The Bertz CT molecular complexity index is 1420. The molecule has 0 aliphatic carbocycles. The molecule has 0 heterocycles. The third-order valence-corrected chi connectivity index (χ3v) is 6.46. The first kappa shape index (κ1) is 24.0. The second kappa shape index (κ2) is 10.9. The molecule has 0 radical (unpaired) electrons. The van der Waals surface area contributed by atoms with E-state index in [0.29, 0.717) is 37.6 Å². The summed E-state index contributed by atoms with van der Waals surface area (Å²) in [6.45, 7) is 0.362. The number of benzene rings is 4. The van der Waals surface area contributed by atoms with Crippen molar-refractivity contribution >= 4 is 71.9 Å². The quantitative estimate of drug-likeness (QED) is 0.181. The standard InChI is InChI=1S/C27H17Br2ClN2O2/c28-23-13-18(14-24(29)26(23)34-16-17-8-10-21(30)11-9-17)12-20(15-31)27(33)32-25-7-3-5-19-4-1-2-6-22(19)25/h1-14H,16H2,(H,32,33)/b20-12+. The summed E-state index contributed by atoms with van der Waals surface area (Å²) in [5.74, 6) is 0.139. The normalized spacial score (nSPS) is 11.2. The lowest BCUT2D eigenvalue weighted by molar-refractivity contribution is -0.112. The molecule has 7 heteroatoms. The van der Waals surface area contributed by atoms with Crippen LogP contribution in [-0.4, -0.2) is 5.91 Å². The fourth-order valence-corrected chi connectivity index (χ4v) is 4.95. The third-order valence-electron chi connectivity index (χ3n) is 5.03. The Hall–Kier alpha value is -3.11. The Kier molecular flexibility index (Phi) is 7.69. The van der Waals surface area contributed by atoms with Crippen LogP contribution in [0.1, 0.15) is 11.1 Å². The van der Waals surface area contributed by atoms with Crippen LogP contribution < -0.4 is 10.1 Å². The van der Waals surface area contributed by atoms with Gasteiger partial charge in [0.15, 0.2) is 0 Å². The fraction of sp³-hybridized carbons (Fsp3) is 0.0370. The Morgan fingerprint density at radius 3 is 2.38 bits per heavy atom. The van der Waals surface area contributed by atoms with Crippen molar-refractivity contribution in [3.63, 3.8) is 0 Å². The van der Waals surface area contributed by atoms with E-state index in [1.54, 1.807) is 18.2 Å². The molecule has 0 atom stereocenters. The SMILES string of the molecule is N#C/C(=C\c1cc(Br)c(OCc2ccc(Cl)cc2)c(Br)c1)C(=O)Nc1cccc2ccccc12. The number of hydrogen-bond donors (Lipinski definition) is 1. The van der Waals surface area contributed by atoms with Gasteiger partial charge in [-0.2, -0.15) is 5.26 Å². The minimum atomic E-state index is -0.478. The molecule has 0 aromatic heterocycles. The first-order valence-corrected chi connectivity index (χ1v) is 12.2. The Morgan fingerprint density at radius 1 is 1.00 bits per heavy atom. The van der Waals surface area contributed by atoms with Crippen LogP contribution in [0.2, 0.25) is 5.02 Å².